The molecule has 7 heteroatoms. The monoisotopic (exact) mass is 438 g/mol. The average molecular weight is 439 g/mol. The maximum atomic E-state index is 13.2. The van der Waals surface area contributed by atoms with Crippen LogP contribution in [0.1, 0.15) is 73.3 Å². The van der Waals surface area contributed by atoms with Gasteiger partial charge in [-0.2, -0.15) is 0 Å². The second kappa shape index (κ2) is 8.18. The van der Waals surface area contributed by atoms with Crippen LogP contribution in [0.25, 0.3) is 5.65 Å². The number of nitrogens with zero attached hydrogens (tertiary/aromatic N) is 2. The van der Waals surface area contributed by atoms with Crippen molar-refractivity contribution in [1.29, 1.82) is 0 Å². The van der Waals surface area contributed by atoms with Crippen LogP contribution in [0.3, 0.4) is 0 Å². The van der Waals surface area contributed by atoms with Gasteiger partial charge in [-0.25, -0.2) is 4.98 Å². The quantitative estimate of drug-likeness (QED) is 0.619. The van der Waals surface area contributed by atoms with Crippen LogP contribution in [-0.2, 0) is 0 Å². The highest BCUT2D eigenvalue weighted by Gasteiger charge is 2.50. The van der Waals surface area contributed by atoms with Gasteiger partial charge in [-0.3, -0.25) is 14.0 Å². The van der Waals surface area contributed by atoms with Crippen molar-refractivity contribution in [3.63, 3.8) is 0 Å². The summed E-state index contributed by atoms with van der Waals surface area (Å²) in [5.41, 5.74) is 1.56. The third kappa shape index (κ3) is 3.91. The second-order valence-corrected chi connectivity index (χ2v) is 10.9. The van der Waals surface area contributed by atoms with Gasteiger partial charge in [0, 0.05) is 12.7 Å². The number of nitrogens with one attached hydrogen (secondary N) is 2. The van der Waals surface area contributed by atoms with E-state index in [1.807, 2.05) is 13.8 Å². The minimum Gasteiger partial charge on any atom is -0.394 e. The first-order valence-electron chi connectivity index (χ1n) is 12.0. The SMILES string of the molecule is CC(C)[C@H](CO)NC(=O)c1cn2c(C(=O)NCC34CC5CC(CC(C5)C3)C4)cccc2n1. The molecule has 2 amide bonds. The van der Waals surface area contributed by atoms with Gasteiger partial charge >= 0.3 is 0 Å². The molecule has 4 aliphatic rings. The van der Waals surface area contributed by atoms with Gasteiger partial charge in [0.25, 0.3) is 11.8 Å². The van der Waals surface area contributed by atoms with Crippen molar-refractivity contribution in [3.05, 3.63) is 35.8 Å². The number of imidazole rings is 1. The van der Waals surface area contributed by atoms with E-state index in [1.165, 1.54) is 38.5 Å². The molecule has 3 N–H and O–H groups in total. The Morgan fingerprint density at radius 1 is 1.12 bits per heavy atom. The predicted octanol–water partition coefficient (Wildman–Crippen LogP) is 3.03. The van der Waals surface area contributed by atoms with Crippen molar-refractivity contribution in [2.24, 2.45) is 29.1 Å². The summed E-state index contributed by atoms with van der Waals surface area (Å²) in [7, 11) is 0. The highest BCUT2D eigenvalue weighted by Crippen LogP contribution is 2.59. The molecule has 6 rings (SSSR count). The first-order chi connectivity index (χ1) is 15.4. The van der Waals surface area contributed by atoms with E-state index < -0.39 is 0 Å². The van der Waals surface area contributed by atoms with Gasteiger partial charge in [0.15, 0.2) is 0 Å². The summed E-state index contributed by atoms with van der Waals surface area (Å²) in [6, 6.07) is 5.03. The lowest BCUT2D eigenvalue weighted by Crippen LogP contribution is -2.51. The molecule has 32 heavy (non-hydrogen) atoms. The van der Waals surface area contributed by atoms with Gasteiger partial charge in [0.05, 0.1) is 12.6 Å². The molecule has 0 unspecified atom stereocenters. The minimum atomic E-state index is -0.346. The molecule has 4 bridgehead atoms. The fourth-order valence-electron chi connectivity index (χ4n) is 6.84. The van der Waals surface area contributed by atoms with E-state index in [0.29, 0.717) is 11.3 Å². The maximum absolute atomic E-state index is 13.2. The molecular weight excluding hydrogens is 404 g/mol. The maximum Gasteiger partial charge on any atom is 0.271 e. The van der Waals surface area contributed by atoms with E-state index in [0.717, 1.165) is 24.3 Å². The lowest BCUT2D eigenvalue weighted by atomic mass is 9.49. The molecule has 2 heterocycles. The minimum absolute atomic E-state index is 0.104. The fourth-order valence-corrected chi connectivity index (χ4v) is 6.84. The van der Waals surface area contributed by atoms with Gasteiger partial charge in [-0.15, -0.1) is 0 Å². The van der Waals surface area contributed by atoms with Crippen LogP contribution < -0.4 is 10.6 Å². The summed E-state index contributed by atoms with van der Waals surface area (Å²) in [4.78, 5) is 30.2. The second-order valence-electron chi connectivity index (χ2n) is 10.9. The molecule has 4 fully saturated rings. The van der Waals surface area contributed by atoms with E-state index in [2.05, 4.69) is 15.6 Å². The Morgan fingerprint density at radius 3 is 2.38 bits per heavy atom. The lowest BCUT2D eigenvalue weighted by molar-refractivity contribution is -0.0503. The number of fused-ring (bicyclic) bond motifs is 1. The standard InChI is InChI=1S/C25H34N4O3/c1-15(2)20(13-30)28-23(31)19-12-29-21(4-3-5-22(29)27-19)24(32)26-14-25-9-16-6-17(10-25)8-18(7-16)11-25/h3-5,12,15-18,20,30H,6-11,13-14H2,1-2H3,(H,26,32)(H,28,31)/t16?,17?,18?,20-,25?/m0/s1. The van der Waals surface area contributed by atoms with E-state index in [1.54, 1.807) is 28.8 Å². The highest BCUT2D eigenvalue weighted by atomic mass is 16.3. The average Bonchev–Trinajstić information content (AvgIpc) is 3.19. The van der Waals surface area contributed by atoms with Crippen LogP contribution in [0.5, 0.6) is 0 Å². The summed E-state index contributed by atoms with van der Waals surface area (Å²) in [5, 5.41) is 15.6. The first kappa shape index (κ1) is 21.4. The molecule has 0 spiro atoms. The normalized spacial score (nSPS) is 29.4. The molecule has 7 nitrogen and oxygen atoms in total. The van der Waals surface area contributed by atoms with Crippen molar-refractivity contribution < 1.29 is 14.7 Å². The van der Waals surface area contributed by atoms with Crippen LogP contribution in [-0.4, -0.2) is 45.5 Å². The molecule has 0 aromatic carbocycles. The van der Waals surface area contributed by atoms with E-state index >= 15 is 0 Å². The number of aliphatic hydroxyl groups is 1. The Kier molecular flexibility index (Phi) is 5.48. The number of hydrogen-bond acceptors (Lipinski definition) is 4. The zero-order valence-electron chi connectivity index (χ0n) is 19.0. The van der Waals surface area contributed by atoms with E-state index in [9.17, 15) is 14.7 Å². The van der Waals surface area contributed by atoms with Crippen LogP contribution in [0, 0.1) is 29.1 Å². The van der Waals surface area contributed by atoms with Crippen LogP contribution in [0.15, 0.2) is 24.4 Å². The Hall–Kier alpha value is -2.41. The van der Waals surface area contributed by atoms with Crippen LogP contribution in [0.4, 0.5) is 0 Å². The zero-order valence-corrected chi connectivity index (χ0v) is 19.0. The Balaban J connectivity index is 1.31. The third-order valence-electron chi connectivity index (χ3n) is 8.06. The Morgan fingerprint density at radius 2 is 1.78 bits per heavy atom. The lowest BCUT2D eigenvalue weighted by Gasteiger charge is -2.56. The number of carbonyl (C=O) groups is 2. The summed E-state index contributed by atoms with van der Waals surface area (Å²) in [6.07, 6.45) is 9.53. The van der Waals surface area contributed by atoms with Crippen molar-refractivity contribution in [1.82, 2.24) is 20.0 Å². The van der Waals surface area contributed by atoms with Crippen molar-refractivity contribution in [2.75, 3.05) is 13.2 Å². The number of rotatable bonds is 7. The van der Waals surface area contributed by atoms with Crippen molar-refractivity contribution >= 4 is 17.5 Å². The molecule has 2 aromatic rings. The molecule has 4 aliphatic carbocycles. The van der Waals surface area contributed by atoms with Gasteiger partial charge in [0.1, 0.15) is 17.0 Å². The third-order valence-corrected chi connectivity index (χ3v) is 8.06. The summed E-state index contributed by atoms with van der Waals surface area (Å²) in [5.74, 6) is 2.19. The van der Waals surface area contributed by atoms with Crippen LogP contribution in [0.2, 0.25) is 0 Å². The number of pyridine rings is 1. The number of carbonyl (C=O) groups excluding carboxylic acids is 2. The Labute approximate surface area is 189 Å². The van der Waals surface area contributed by atoms with E-state index in [-0.39, 0.29) is 41.5 Å². The largest absolute Gasteiger partial charge is 0.394 e. The van der Waals surface area contributed by atoms with E-state index in [4.69, 9.17) is 0 Å². The summed E-state index contributed by atoms with van der Waals surface area (Å²) < 4.78 is 1.69. The number of amides is 2. The first-order valence-corrected chi connectivity index (χ1v) is 12.0. The molecule has 2 aromatic heterocycles. The van der Waals surface area contributed by atoms with Gasteiger partial charge in [-0.05, 0) is 79.7 Å². The zero-order chi connectivity index (χ0) is 22.5. The van der Waals surface area contributed by atoms with Crippen LogP contribution >= 0.6 is 0 Å². The molecule has 172 valence electrons. The number of hydrogen-bond donors (Lipinski definition) is 3. The van der Waals surface area contributed by atoms with Crippen molar-refractivity contribution in [3.8, 4) is 0 Å². The number of aliphatic hydroxyl groups excluding tert-OH is 1. The topological polar surface area (TPSA) is 95.7 Å². The molecule has 4 saturated carbocycles. The molecule has 1 atom stereocenters. The predicted molar refractivity (Wildman–Crippen MR) is 121 cm³/mol. The van der Waals surface area contributed by atoms with Gasteiger partial charge in [0.2, 0.25) is 0 Å². The molecular formula is C25H34N4O3. The summed E-state index contributed by atoms with van der Waals surface area (Å²) >= 11 is 0. The van der Waals surface area contributed by atoms with Gasteiger partial charge < -0.3 is 15.7 Å². The smallest absolute Gasteiger partial charge is 0.271 e. The highest BCUT2D eigenvalue weighted by molar-refractivity contribution is 5.95. The number of aromatic nitrogens is 2. The molecule has 0 saturated heterocycles. The van der Waals surface area contributed by atoms with Gasteiger partial charge in [-0.1, -0.05) is 19.9 Å². The fraction of sp³-hybridized carbons (Fsp3) is 0.640. The Bertz CT molecular complexity index is 992. The van der Waals surface area contributed by atoms with Crippen molar-refractivity contribution in [2.45, 2.75) is 58.4 Å². The molecule has 0 aliphatic heterocycles. The summed E-state index contributed by atoms with van der Waals surface area (Å²) in [6.45, 7) is 4.49. The molecule has 0 radical (unpaired) electrons.